The number of ether oxygens (including phenoxy) is 2. The zero-order valence-electron chi connectivity index (χ0n) is 24.1. The van der Waals surface area contributed by atoms with Crippen molar-refractivity contribution in [1.29, 1.82) is 0 Å². The van der Waals surface area contributed by atoms with Crippen molar-refractivity contribution in [2.45, 2.75) is 18.8 Å². The van der Waals surface area contributed by atoms with Crippen molar-refractivity contribution in [2.75, 3.05) is 64.0 Å². The van der Waals surface area contributed by atoms with E-state index >= 15 is 0 Å². The van der Waals surface area contributed by atoms with E-state index in [-0.39, 0.29) is 5.91 Å². The average molecular weight is 557 g/mol. The molecule has 0 saturated heterocycles. The van der Waals surface area contributed by atoms with Crippen LogP contribution < -0.4 is 25.0 Å². The lowest BCUT2D eigenvalue weighted by Gasteiger charge is -2.26. The number of nitrogens with zero attached hydrogens (tertiary/aromatic N) is 6. The number of carbonyl (C=O) groups excluding carboxylic acids is 1. The highest BCUT2D eigenvalue weighted by Crippen LogP contribution is 2.43. The monoisotopic (exact) mass is 556 g/mol. The van der Waals surface area contributed by atoms with Crippen molar-refractivity contribution < 1.29 is 14.3 Å². The highest BCUT2D eigenvalue weighted by molar-refractivity contribution is 6.02. The minimum absolute atomic E-state index is 0.310. The molecule has 0 atom stereocenters. The zero-order valence-corrected chi connectivity index (χ0v) is 24.1. The molecule has 2 heterocycles. The minimum Gasteiger partial charge on any atom is -0.497 e. The second-order valence-electron chi connectivity index (χ2n) is 10.3. The third kappa shape index (κ3) is 6.09. The number of benzene rings is 2. The van der Waals surface area contributed by atoms with Crippen molar-refractivity contribution in [3.63, 3.8) is 0 Å². The molecule has 4 aromatic rings. The number of methoxy groups -OCH3 is 2. The van der Waals surface area contributed by atoms with Gasteiger partial charge in [0.15, 0.2) is 5.82 Å². The summed E-state index contributed by atoms with van der Waals surface area (Å²) in [6.45, 7) is 5.18. The summed E-state index contributed by atoms with van der Waals surface area (Å²) >= 11 is 0. The van der Waals surface area contributed by atoms with Gasteiger partial charge in [-0.2, -0.15) is 10.1 Å². The quantitative estimate of drug-likeness (QED) is 0.242. The van der Waals surface area contributed by atoms with E-state index < -0.39 is 0 Å². The molecule has 5 rings (SSSR count). The van der Waals surface area contributed by atoms with Crippen molar-refractivity contribution in [1.82, 2.24) is 24.6 Å². The number of hydrogen-bond acceptors (Lipinski definition) is 9. The average Bonchev–Trinajstić information content (AvgIpc) is 3.75. The molecule has 0 spiro atoms. The molecule has 11 nitrogen and oxygen atoms in total. The van der Waals surface area contributed by atoms with Crippen LogP contribution in [0.1, 0.15) is 24.5 Å². The first-order chi connectivity index (χ1) is 19.8. The Morgan fingerprint density at radius 2 is 1.90 bits per heavy atom. The molecule has 2 N–H and O–H groups in total. The molecular formula is C30H36N8O3. The normalized spacial score (nSPS) is 12.8. The van der Waals surface area contributed by atoms with E-state index in [4.69, 9.17) is 19.6 Å². The number of rotatable bonds is 12. The third-order valence-corrected chi connectivity index (χ3v) is 7.04. The topological polar surface area (TPSA) is 110 Å². The van der Waals surface area contributed by atoms with Crippen LogP contribution in [0.25, 0.3) is 16.7 Å². The van der Waals surface area contributed by atoms with Gasteiger partial charge in [-0.05, 0) is 57.3 Å². The molecule has 1 amide bonds. The first kappa shape index (κ1) is 27.9. The summed E-state index contributed by atoms with van der Waals surface area (Å²) in [6.07, 6.45) is 5.19. The Bertz CT molecular complexity index is 1580. The molecule has 1 fully saturated rings. The van der Waals surface area contributed by atoms with E-state index in [9.17, 15) is 4.79 Å². The van der Waals surface area contributed by atoms with E-state index in [0.29, 0.717) is 34.8 Å². The van der Waals surface area contributed by atoms with E-state index in [1.54, 1.807) is 20.4 Å². The number of likely N-dealkylation sites (N-methyl/N-ethyl adjacent to an activating group) is 2. The van der Waals surface area contributed by atoms with Crippen LogP contribution in [0.15, 0.2) is 55.3 Å². The van der Waals surface area contributed by atoms with Crippen LogP contribution >= 0.6 is 0 Å². The maximum atomic E-state index is 12.3. The fourth-order valence-corrected chi connectivity index (χ4v) is 4.63. The van der Waals surface area contributed by atoms with Crippen LogP contribution in [0.3, 0.4) is 0 Å². The van der Waals surface area contributed by atoms with Crippen LogP contribution in [-0.4, -0.2) is 79.0 Å². The Balaban J connectivity index is 1.50. The van der Waals surface area contributed by atoms with Gasteiger partial charge >= 0.3 is 0 Å². The molecule has 11 heteroatoms. The van der Waals surface area contributed by atoms with Crippen molar-refractivity contribution in [2.24, 2.45) is 0 Å². The highest BCUT2D eigenvalue weighted by Gasteiger charge is 2.30. The molecule has 0 radical (unpaired) electrons. The molecule has 1 aliphatic carbocycles. The van der Waals surface area contributed by atoms with Gasteiger partial charge in [0.2, 0.25) is 11.9 Å². The predicted molar refractivity (Wildman–Crippen MR) is 162 cm³/mol. The number of aromatic nitrogens is 4. The molecule has 1 aliphatic rings. The third-order valence-electron chi connectivity index (χ3n) is 7.04. The summed E-state index contributed by atoms with van der Waals surface area (Å²) in [4.78, 5) is 25.7. The number of amides is 1. The summed E-state index contributed by atoms with van der Waals surface area (Å²) in [6, 6.07) is 11.5. The Morgan fingerprint density at radius 1 is 1.10 bits per heavy atom. The van der Waals surface area contributed by atoms with Crippen molar-refractivity contribution in [3.8, 4) is 17.3 Å². The van der Waals surface area contributed by atoms with Crippen LogP contribution in [-0.2, 0) is 4.79 Å². The van der Waals surface area contributed by atoms with E-state index in [1.165, 1.54) is 6.08 Å². The summed E-state index contributed by atoms with van der Waals surface area (Å²) in [5, 5.41) is 12.2. The van der Waals surface area contributed by atoms with Gasteiger partial charge in [-0.15, -0.1) is 0 Å². The molecule has 41 heavy (non-hydrogen) atoms. The lowest BCUT2D eigenvalue weighted by atomic mass is 10.1. The minimum atomic E-state index is -0.310. The van der Waals surface area contributed by atoms with E-state index in [1.807, 2.05) is 62.2 Å². The lowest BCUT2D eigenvalue weighted by molar-refractivity contribution is -0.111. The second kappa shape index (κ2) is 11.8. The van der Waals surface area contributed by atoms with Gasteiger partial charge in [0.1, 0.15) is 11.5 Å². The maximum absolute atomic E-state index is 12.3. The Morgan fingerprint density at radius 3 is 2.59 bits per heavy atom. The molecule has 0 bridgehead atoms. The summed E-state index contributed by atoms with van der Waals surface area (Å²) < 4.78 is 13.1. The molecule has 1 saturated carbocycles. The standard InChI is InChI=1S/C30H36N8O3/c1-7-28(39)32-22-17-23(26(41-6)18-25(22)37(4)15-14-36(2)3)33-30-31-13-12-27(34-30)38-24-11-10-20(40-5)16-21(24)29(35-38)19-8-9-19/h7,10-13,16-19H,1,8-9,14-15H2,2-6H3,(H,32,39)(H,31,33,34). The molecule has 2 aromatic heterocycles. The zero-order chi connectivity index (χ0) is 29.1. The number of fused-ring (bicyclic) bond motifs is 1. The first-order valence-electron chi connectivity index (χ1n) is 13.5. The van der Waals surface area contributed by atoms with Crippen LogP contribution in [0.2, 0.25) is 0 Å². The fourth-order valence-electron chi connectivity index (χ4n) is 4.63. The lowest BCUT2D eigenvalue weighted by Crippen LogP contribution is -2.29. The van der Waals surface area contributed by atoms with Crippen LogP contribution in [0, 0.1) is 0 Å². The van der Waals surface area contributed by atoms with E-state index in [2.05, 4.69) is 32.0 Å². The summed E-state index contributed by atoms with van der Waals surface area (Å²) in [5.41, 5.74) is 4.03. The maximum Gasteiger partial charge on any atom is 0.247 e. The molecule has 2 aromatic carbocycles. The Kier molecular flexibility index (Phi) is 8.06. The SMILES string of the molecule is C=CC(=O)Nc1cc(Nc2nccc(-n3nc(C4CC4)c4cc(OC)ccc43)n2)c(OC)cc1N(C)CCN(C)C. The number of anilines is 4. The Labute approximate surface area is 239 Å². The largest absolute Gasteiger partial charge is 0.497 e. The van der Waals surface area contributed by atoms with Gasteiger partial charge in [0.05, 0.1) is 42.5 Å². The smallest absolute Gasteiger partial charge is 0.247 e. The van der Waals surface area contributed by atoms with Crippen LogP contribution in [0.4, 0.5) is 23.0 Å². The summed E-state index contributed by atoms with van der Waals surface area (Å²) in [5.74, 6) is 2.51. The van der Waals surface area contributed by atoms with Crippen molar-refractivity contribution >= 4 is 39.8 Å². The number of nitrogens with one attached hydrogen (secondary N) is 2. The summed E-state index contributed by atoms with van der Waals surface area (Å²) in [7, 11) is 9.28. The molecular weight excluding hydrogens is 520 g/mol. The van der Waals surface area contributed by atoms with Crippen LogP contribution in [0.5, 0.6) is 11.5 Å². The first-order valence-corrected chi connectivity index (χ1v) is 13.5. The number of hydrogen-bond donors (Lipinski definition) is 2. The number of carbonyl (C=O) groups is 1. The second-order valence-corrected chi connectivity index (χ2v) is 10.3. The Hall–Kier alpha value is -4.64. The van der Waals surface area contributed by atoms with Gasteiger partial charge in [-0.3, -0.25) is 4.79 Å². The van der Waals surface area contributed by atoms with Gasteiger partial charge in [-0.1, -0.05) is 6.58 Å². The van der Waals surface area contributed by atoms with Gasteiger partial charge in [0.25, 0.3) is 0 Å². The fraction of sp³-hybridized carbons (Fsp3) is 0.333. The van der Waals surface area contributed by atoms with Crippen molar-refractivity contribution in [3.05, 3.63) is 60.9 Å². The van der Waals surface area contributed by atoms with Gasteiger partial charge in [-0.25, -0.2) is 9.67 Å². The molecule has 214 valence electrons. The molecule has 0 aliphatic heterocycles. The van der Waals surface area contributed by atoms with Gasteiger partial charge in [0, 0.05) is 49.8 Å². The van der Waals surface area contributed by atoms with E-state index in [0.717, 1.165) is 54.0 Å². The van der Waals surface area contributed by atoms with Gasteiger partial charge < -0.3 is 29.9 Å². The molecule has 0 unspecified atom stereocenters. The highest BCUT2D eigenvalue weighted by atomic mass is 16.5. The predicted octanol–water partition coefficient (Wildman–Crippen LogP) is 4.58.